The van der Waals surface area contributed by atoms with Crippen LogP contribution < -0.4 is 0 Å². The van der Waals surface area contributed by atoms with Crippen molar-refractivity contribution in [1.82, 2.24) is 0 Å². The normalized spacial score (nSPS) is 10.1. The molecule has 0 heterocycles. The zero-order chi connectivity index (χ0) is 11.9. The molecule has 0 saturated heterocycles. The fourth-order valence-corrected chi connectivity index (χ4v) is 2.01. The van der Waals surface area contributed by atoms with Gasteiger partial charge in [-0.15, -0.1) is 0 Å². The molecule has 0 aliphatic heterocycles. The van der Waals surface area contributed by atoms with E-state index in [2.05, 4.69) is 48.5 Å². The van der Waals surface area contributed by atoms with Crippen molar-refractivity contribution in [1.29, 1.82) is 0 Å². The van der Waals surface area contributed by atoms with Gasteiger partial charge in [-0.1, -0.05) is 54.6 Å². The van der Waals surface area contributed by atoms with E-state index in [0.29, 0.717) is 6.42 Å². The molecule has 0 bridgehead atoms. The molecular weight excluding hydrogens is 208 g/mol. The Balaban J connectivity index is 2.25. The minimum absolute atomic E-state index is 0.642. The van der Waals surface area contributed by atoms with Crippen LogP contribution in [0.3, 0.4) is 0 Å². The van der Waals surface area contributed by atoms with Crippen molar-refractivity contribution in [3.8, 4) is 11.1 Å². The van der Waals surface area contributed by atoms with Crippen molar-refractivity contribution >= 4 is 6.29 Å². The van der Waals surface area contributed by atoms with E-state index in [9.17, 15) is 4.79 Å². The summed E-state index contributed by atoms with van der Waals surface area (Å²) in [5.41, 5.74) is 3.84. The molecule has 0 atom stereocenters. The van der Waals surface area contributed by atoms with Crippen molar-refractivity contribution in [2.75, 3.05) is 0 Å². The first-order valence-electron chi connectivity index (χ1n) is 5.99. The fourth-order valence-electron chi connectivity index (χ4n) is 2.01. The van der Waals surface area contributed by atoms with Crippen LogP contribution in [0.4, 0.5) is 0 Å². The maximum atomic E-state index is 10.3. The first-order valence-corrected chi connectivity index (χ1v) is 5.99. The summed E-state index contributed by atoms with van der Waals surface area (Å²) in [4.78, 5) is 10.3. The Hall–Kier alpha value is -1.89. The Morgan fingerprint density at radius 1 is 0.882 bits per heavy atom. The zero-order valence-electron chi connectivity index (χ0n) is 9.80. The lowest BCUT2D eigenvalue weighted by molar-refractivity contribution is -0.107. The molecule has 0 aromatic heterocycles. The third kappa shape index (κ3) is 3.04. The number of hydrogen-bond acceptors (Lipinski definition) is 1. The molecule has 1 heteroatoms. The Labute approximate surface area is 102 Å². The molecule has 0 amide bonds. The molecule has 0 spiro atoms. The van der Waals surface area contributed by atoms with Crippen LogP contribution >= 0.6 is 0 Å². The lowest BCUT2D eigenvalue weighted by Crippen LogP contribution is -1.90. The second-order valence-corrected chi connectivity index (χ2v) is 4.08. The minimum Gasteiger partial charge on any atom is -0.303 e. The van der Waals surface area contributed by atoms with Crippen LogP contribution in [0.2, 0.25) is 0 Å². The van der Waals surface area contributed by atoms with Crippen LogP contribution in [0, 0.1) is 0 Å². The summed E-state index contributed by atoms with van der Waals surface area (Å²) in [7, 11) is 0. The zero-order valence-corrected chi connectivity index (χ0v) is 9.80. The summed E-state index contributed by atoms with van der Waals surface area (Å²) in [5.74, 6) is 0. The second-order valence-electron chi connectivity index (χ2n) is 4.08. The Bertz CT molecular complexity index is 474. The number of aryl methyl sites for hydroxylation is 1. The van der Waals surface area contributed by atoms with Crippen molar-refractivity contribution in [2.45, 2.75) is 19.3 Å². The molecule has 0 unspecified atom stereocenters. The maximum Gasteiger partial charge on any atom is 0.120 e. The van der Waals surface area contributed by atoms with E-state index < -0.39 is 0 Å². The molecule has 0 radical (unpaired) electrons. The van der Waals surface area contributed by atoms with Gasteiger partial charge in [0, 0.05) is 6.42 Å². The highest BCUT2D eigenvalue weighted by Crippen LogP contribution is 2.24. The molecular formula is C16H16O. The van der Waals surface area contributed by atoms with Crippen molar-refractivity contribution in [2.24, 2.45) is 0 Å². The first-order chi connectivity index (χ1) is 8.42. The van der Waals surface area contributed by atoms with Crippen LogP contribution in [0.15, 0.2) is 54.6 Å². The highest BCUT2D eigenvalue weighted by atomic mass is 16.1. The Kier molecular flexibility index (Phi) is 4.09. The smallest absolute Gasteiger partial charge is 0.120 e. The van der Waals surface area contributed by atoms with E-state index >= 15 is 0 Å². The second kappa shape index (κ2) is 6.00. The number of unbranched alkanes of at least 4 members (excludes halogenated alkanes) is 1. The van der Waals surface area contributed by atoms with E-state index in [1.54, 1.807) is 0 Å². The van der Waals surface area contributed by atoms with E-state index in [0.717, 1.165) is 19.1 Å². The van der Waals surface area contributed by atoms with Crippen LogP contribution in [-0.2, 0) is 11.2 Å². The monoisotopic (exact) mass is 224 g/mol. The van der Waals surface area contributed by atoms with Gasteiger partial charge in [-0.2, -0.15) is 0 Å². The van der Waals surface area contributed by atoms with Crippen LogP contribution in [0.5, 0.6) is 0 Å². The summed E-state index contributed by atoms with van der Waals surface area (Å²) in [6, 6.07) is 18.8. The SMILES string of the molecule is O=CCCCc1ccccc1-c1ccccc1. The van der Waals surface area contributed by atoms with Gasteiger partial charge >= 0.3 is 0 Å². The van der Waals surface area contributed by atoms with Gasteiger partial charge in [0.1, 0.15) is 6.29 Å². The summed E-state index contributed by atoms with van der Waals surface area (Å²) >= 11 is 0. The summed E-state index contributed by atoms with van der Waals surface area (Å²) in [5, 5.41) is 0. The maximum absolute atomic E-state index is 10.3. The topological polar surface area (TPSA) is 17.1 Å². The molecule has 1 nitrogen and oxygen atoms in total. The lowest BCUT2D eigenvalue weighted by Gasteiger charge is -2.08. The predicted molar refractivity (Wildman–Crippen MR) is 70.9 cm³/mol. The van der Waals surface area contributed by atoms with Crippen molar-refractivity contribution in [3.05, 3.63) is 60.2 Å². The average molecular weight is 224 g/mol. The van der Waals surface area contributed by atoms with Gasteiger partial charge in [-0.25, -0.2) is 0 Å². The number of carbonyl (C=O) groups excluding carboxylic acids is 1. The molecule has 2 aromatic carbocycles. The average Bonchev–Trinajstić information content (AvgIpc) is 2.41. The molecule has 17 heavy (non-hydrogen) atoms. The first kappa shape index (κ1) is 11.6. The van der Waals surface area contributed by atoms with Crippen molar-refractivity contribution in [3.63, 3.8) is 0 Å². The predicted octanol–water partition coefficient (Wildman–Crippen LogP) is 3.88. The molecule has 0 saturated carbocycles. The molecule has 0 aliphatic carbocycles. The van der Waals surface area contributed by atoms with Crippen LogP contribution in [0.25, 0.3) is 11.1 Å². The molecule has 2 aromatic rings. The molecule has 86 valence electrons. The number of rotatable bonds is 5. The lowest BCUT2D eigenvalue weighted by atomic mass is 9.96. The fraction of sp³-hybridized carbons (Fsp3) is 0.188. The standard InChI is InChI=1S/C16H16O/c17-13-7-6-11-15-10-4-5-12-16(15)14-8-2-1-3-9-14/h1-5,8-10,12-13H,6-7,11H2. The summed E-state index contributed by atoms with van der Waals surface area (Å²) in [6.45, 7) is 0. The van der Waals surface area contributed by atoms with Gasteiger partial charge < -0.3 is 4.79 Å². The summed E-state index contributed by atoms with van der Waals surface area (Å²) in [6.07, 6.45) is 3.52. The van der Waals surface area contributed by atoms with Crippen molar-refractivity contribution < 1.29 is 4.79 Å². The third-order valence-corrected chi connectivity index (χ3v) is 2.87. The molecule has 0 fully saturated rings. The van der Waals surface area contributed by atoms with E-state index in [1.807, 2.05) is 6.07 Å². The largest absolute Gasteiger partial charge is 0.303 e. The van der Waals surface area contributed by atoms with Gasteiger partial charge in [-0.05, 0) is 29.5 Å². The third-order valence-electron chi connectivity index (χ3n) is 2.87. The quantitative estimate of drug-likeness (QED) is 0.556. The number of benzene rings is 2. The molecule has 0 N–H and O–H groups in total. The Morgan fingerprint density at radius 3 is 2.35 bits per heavy atom. The van der Waals surface area contributed by atoms with Crippen LogP contribution in [0.1, 0.15) is 18.4 Å². The van der Waals surface area contributed by atoms with Gasteiger partial charge in [0.25, 0.3) is 0 Å². The van der Waals surface area contributed by atoms with E-state index in [4.69, 9.17) is 0 Å². The number of aldehydes is 1. The van der Waals surface area contributed by atoms with E-state index in [-0.39, 0.29) is 0 Å². The minimum atomic E-state index is 0.642. The van der Waals surface area contributed by atoms with Gasteiger partial charge in [0.2, 0.25) is 0 Å². The Morgan fingerprint density at radius 2 is 1.59 bits per heavy atom. The highest BCUT2D eigenvalue weighted by molar-refractivity contribution is 5.67. The highest BCUT2D eigenvalue weighted by Gasteiger charge is 2.03. The van der Waals surface area contributed by atoms with Gasteiger partial charge in [0.05, 0.1) is 0 Å². The van der Waals surface area contributed by atoms with Gasteiger partial charge in [0.15, 0.2) is 0 Å². The van der Waals surface area contributed by atoms with Crippen LogP contribution in [-0.4, -0.2) is 6.29 Å². The number of carbonyl (C=O) groups is 1. The number of hydrogen-bond donors (Lipinski definition) is 0. The van der Waals surface area contributed by atoms with E-state index in [1.165, 1.54) is 16.7 Å². The summed E-state index contributed by atoms with van der Waals surface area (Å²) < 4.78 is 0. The van der Waals surface area contributed by atoms with Gasteiger partial charge in [-0.3, -0.25) is 0 Å². The molecule has 0 aliphatic rings. The molecule has 2 rings (SSSR count).